The Morgan fingerprint density at radius 1 is 1.10 bits per heavy atom. The summed E-state index contributed by atoms with van der Waals surface area (Å²) in [6, 6.07) is 4.69. The molecule has 1 saturated heterocycles. The van der Waals surface area contributed by atoms with E-state index in [-0.39, 0.29) is 10.8 Å². The van der Waals surface area contributed by atoms with Crippen molar-refractivity contribution in [3.63, 3.8) is 0 Å². The predicted molar refractivity (Wildman–Crippen MR) is 83.2 cm³/mol. The van der Waals surface area contributed by atoms with Crippen molar-refractivity contribution in [2.75, 3.05) is 13.1 Å². The van der Waals surface area contributed by atoms with Crippen LogP contribution in [0.5, 0.6) is 0 Å². The van der Waals surface area contributed by atoms with Crippen molar-refractivity contribution in [1.29, 1.82) is 0 Å². The van der Waals surface area contributed by atoms with Gasteiger partial charge in [-0.15, -0.1) is 0 Å². The Morgan fingerprint density at radius 2 is 1.67 bits per heavy atom. The van der Waals surface area contributed by atoms with Gasteiger partial charge in [-0.3, -0.25) is 4.79 Å². The molecule has 21 heavy (non-hydrogen) atoms. The van der Waals surface area contributed by atoms with Crippen LogP contribution in [0.3, 0.4) is 0 Å². The fourth-order valence-corrected chi connectivity index (χ4v) is 3.85. The Labute approximate surface area is 130 Å². The van der Waals surface area contributed by atoms with Crippen molar-refractivity contribution < 1.29 is 13.2 Å². The lowest BCUT2D eigenvalue weighted by atomic mass is 10.1. The Bertz CT molecular complexity index is 620. The van der Waals surface area contributed by atoms with Crippen molar-refractivity contribution >= 4 is 25.6 Å². The highest BCUT2D eigenvalue weighted by atomic mass is 35.7. The minimum Gasteiger partial charge on any atom is -0.339 e. The molecule has 6 heteroatoms. The quantitative estimate of drug-likeness (QED) is 0.782. The number of carbonyl (C=O) groups is 1. The highest BCUT2D eigenvalue weighted by Crippen LogP contribution is 2.22. The Kier molecular flexibility index (Phi) is 5.27. The van der Waals surface area contributed by atoms with E-state index in [1.54, 1.807) is 19.1 Å². The van der Waals surface area contributed by atoms with Gasteiger partial charge in [-0.25, -0.2) is 8.42 Å². The summed E-state index contributed by atoms with van der Waals surface area (Å²) in [4.78, 5) is 14.4. The highest BCUT2D eigenvalue weighted by molar-refractivity contribution is 8.13. The molecule has 1 aliphatic rings. The molecule has 0 bridgehead atoms. The van der Waals surface area contributed by atoms with E-state index in [0.29, 0.717) is 11.1 Å². The molecule has 1 amide bonds. The first-order chi connectivity index (χ1) is 9.89. The maximum atomic E-state index is 12.5. The van der Waals surface area contributed by atoms with Gasteiger partial charge in [0.15, 0.2) is 0 Å². The van der Waals surface area contributed by atoms with Crippen molar-refractivity contribution in [3.8, 4) is 0 Å². The topological polar surface area (TPSA) is 54.5 Å². The largest absolute Gasteiger partial charge is 0.339 e. The average molecular weight is 330 g/mol. The molecule has 0 spiro atoms. The highest BCUT2D eigenvalue weighted by Gasteiger charge is 2.20. The van der Waals surface area contributed by atoms with Gasteiger partial charge in [-0.2, -0.15) is 0 Å². The second-order valence-corrected chi connectivity index (χ2v) is 8.01. The normalized spacial score (nSPS) is 17.1. The minimum atomic E-state index is -3.83. The fourth-order valence-electron chi connectivity index (χ4n) is 2.63. The van der Waals surface area contributed by atoms with E-state index >= 15 is 0 Å². The molecule has 1 heterocycles. The first kappa shape index (κ1) is 16.3. The summed E-state index contributed by atoms with van der Waals surface area (Å²) in [7, 11) is 1.59. The lowest BCUT2D eigenvalue weighted by Crippen LogP contribution is -2.33. The number of aryl methyl sites for hydroxylation is 1. The molecule has 1 fully saturated rings. The number of rotatable bonds is 2. The number of benzene rings is 1. The Balaban J connectivity index is 2.26. The number of amides is 1. The molecule has 0 aromatic heterocycles. The van der Waals surface area contributed by atoms with Gasteiger partial charge in [0.05, 0.1) is 4.90 Å². The summed E-state index contributed by atoms with van der Waals surface area (Å²) < 4.78 is 23.1. The standard InChI is InChI=1S/C15H20ClNO3S/c1-12-7-8-13(11-14(12)21(16,19)20)15(18)17-9-5-3-2-4-6-10-17/h7-8,11H,2-6,9-10H2,1H3. The number of carbonyl (C=O) groups excluding carboxylic acids is 1. The maximum Gasteiger partial charge on any atom is 0.261 e. The molecule has 0 radical (unpaired) electrons. The van der Waals surface area contributed by atoms with E-state index in [2.05, 4.69) is 0 Å². The molecule has 0 aliphatic carbocycles. The second kappa shape index (κ2) is 6.79. The third kappa shape index (κ3) is 4.20. The number of likely N-dealkylation sites (tertiary alicyclic amines) is 1. The molecule has 2 rings (SSSR count). The minimum absolute atomic E-state index is 0.0158. The molecule has 1 aromatic rings. The zero-order valence-corrected chi connectivity index (χ0v) is 13.7. The van der Waals surface area contributed by atoms with Gasteiger partial charge in [0.2, 0.25) is 0 Å². The number of nitrogens with zero attached hydrogens (tertiary/aromatic N) is 1. The van der Waals surface area contributed by atoms with Crippen LogP contribution in [-0.2, 0) is 9.05 Å². The van der Waals surface area contributed by atoms with Gasteiger partial charge in [0, 0.05) is 29.3 Å². The van der Waals surface area contributed by atoms with Gasteiger partial charge < -0.3 is 4.90 Å². The van der Waals surface area contributed by atoms with E-state index in [1.807, 2.05) is 4.90 Å². The molecular formula is C15H20ClNO3S. The summed E-state index contributed by atoms with van der Waals surface area (Å²) in [5.41, 5.74) is 0.939. The molecule has 0 N–H and O–H groups in total. The molecule has 1 aromatic carbocycles. The van der Waals surface area contributed by atoms with E-state index in [0.717, 1.165) is 38.8 Å². The Hall–Kier alpha value is -1.07. The van der Waals surface area contributed by atoms with Crippen LogP contribution >= 0.6 is 10.7 Å². The summed E-state index contributed by atoms with van der Waals surface area (Å²) in [5, 5.41) is 0. The molecule has 0 atom stereocenters. The average Bonchev–Trinajstić information content (AvgIpc) is 2.36. The summed E-state index contributed by atoms with van der Waals surface area (Å²) in [5.74, 6) is -0.113. The number of hydrogen-bond donors (Lipinski definition) is 0. The molecule has 4 nitrogen and oxygen atoms in total. The smallest absolute Gasteiger partial charge is 0.261 e. The van der Waals surface area contributed by atoms with Crippen LogP contribution in [0.2, 0.25) is 0 Å². The van der Waals surface area contributed by atoms with Crippen LogP contribution in [0.25, 0.3) is 0 Å². The van der Waals surface area contributed by atoms with Crippen LogP contribution in [0.4, 0.5) is 0 Å². The zero-order chi connectivity index (χ0) is 15.5. The Morgan fingerprint density at radius 3 is 2.24 bits per heavy atom. The van der Waals surface area contributed by atoms with E-state index in [1.165, 1.54) is 12.5 Å². The summed E-state index contributed by atoms with van der Waals surface area (Å²) in [6.07, 6.45) is 5.50. The van der Waals surface area contributed by atoms with E-state index < -0.39 is 9.05 Å². The molecule has 0 unspecified atom stereocenters. The van der Waals surface area contributed by atoms with Gasteiger partial charge >= 0.3 is 0 Å². The third-order valence-corrected chi connectivity index (χ3v) is 5.30. The molecule has 116 valence electrons. The first-order valence-electron chi connectivity index (χ1n) is 7.24. The van der Waals surface area contributed by atoms with E-state index in [9.17, 15) is 13.2 Å². The first-order valence-corrected chi connectivity index (χ1v) is 9.55. The number of halogens is 1. The van der Waals surface area contributed by atoms with Crippen molar-refractivity contribution in [3.05, 3.63) is 29.3 Å². The monoisotopic (exact) mass is 329 g/mol. The van der Waals surface area contributed by atoms with Crippen molar-refractivity contribution in [2.45, 2.75) is 43.9 Å². The predicted octanol–water partition coefficient (Wildman–Crippen LogP) is 3.33. The number of hydrogen-bond acceptors (Lipinski definition) is 3. The molecular weight excluding hydrogens is 310 g/mol. The van der Waals surface area contributed by atoms with Crippen molar-refractivity contribution in [1.82, 2.24) is 4.90 Å². The van der Waals surface area contributed by atoms with Crippen molar-refractivity contribution in [2.24, 2.45) is 0 Å². The van der Waals surface area contributed by atoms with Gasteiger partial charge in [0.25, 0.3) is 15.0 Å². The van der Waals surface area contributed by atoms with Crippen LogP contribution in [0.15, 0.2) is 23.1 Å². The van der Waals surface area contributed by atoms with Crippen LogP contribution in [0.1, 0.15) is 48.0 Å². The van der Waals surface area contributed by atoms with Crippen LogP contribution in [-0.4, -0.2) is 32.3 Å². The lowest BCUT2D eigenvalue weighted by molar-refractivity contribution is 0.0742. The van der Waals surface area contributed by atoms with Crippen LogP contribution < -0.4 is 0 Å². The fraction of sp³-hybridized carbons (Fsp3) is 0.533. The lowest BCUT2D eigenvalue weighted by Gasteiger charge is -2.25. The zero-order valence-electron chi connectivity index (χ0n) is 12.1. The SMILES string of the molecule is Cc1ccc(C(=O)N2CCCCCCC2)cc1S(=O)(=O)Cl. The second-order valence-electron chi connectivity index (χ2n) is 5.48. The molecule has 0 saturated carbocycles. The van der Waals surface area contributed by atoms with Crippen LogP contribution in [0, 0.1) is 6.92 Å². The summed E-state index contributed by atoms with van der Waals surface area (Å²) >= 11 is 0. The molecule has 1 aliphatic heterocycles. The van der Waals surface area contributed by atoms with Gasteiger partial charge in [-0.1, -0.05) is 25.3 Å². The van der Waals surface area contributed by atoms with Gasteiger partial charge in [0.1, 0.15) is 0 Å². The van der Waals surface area contributed by atoms with Gasteiger partial charge in [-0.05, 0) is 37.5 Å². The third-order valence-electron chi connectivity index (χ3n) is 3.84. The maximum absolute atomic E-state index is 12.5. The summed E-state index contributed by atoms with van der Waals surface area (Å²) in [6.45, 7) is 3.13. The van der Waals surface area contributed by atoms with E-state index in [4.69, 9.17) is 10.7 Å².